The predicted octanol–water partition coefficient (Wildman–Crippen LogP) is 4.06. The number of hydrogen-bond acceptors (Lipinski definition) is 0. The quantitative estimate of drug-likeness (QED) is 0.409. The maximum absolute atomic E-state index is 2.93. The molecule has 0 unspecified atom stereocenters. The third-order valence-electron chi connectivity index (χ3n) is 1.60. The van der Waals surface area contributed by atoms with E-state index in [1.165, 1.54) is 25.7 Å². The summed E-state index contributed by atoms with van der Waals surface area (Å²) in [5.41, 5.74) is 0. The largest absolute Gasteiger partial charge is 0.0845 e. The molecule has 0 fully saturated rings. The van der Waals surface area contributed by atoms with E-state index in [0.29, 0.717) is 0 Å². The fourth-order valence-corrected chi connectivity index (χ4v) is 0.903. The maximum Gasteiger partial charge on any atom is -0.0348 e. The summed E-state index contributed by atoms with van der Waals surface area (Å²) < 4.78 is 0. The van der Waals surface area contributed by atoms with Gasteiger partial charge in [-0.05, 0) is 25.8 Å². The van der Waals surface area contributed by atoms with Crippen molar-refractivity contribution in [3.05, 3.63) is 36.5 Å². The number of unbranched alkanes of at least 4 members (excludes halogenated alkanes) is 3. The lowest BCUT2D eigenvalue weighted by Crippen LogP contribution is -1.69. The zero-order chi connectivity index (χ0) is 9.07. The van der Waals surface area contributed by atoms with E-state index in [2.05, 4.69) is 25.2 Å². The zero-order valence-corrected chi connectivity index (χ0v) is 8.22. The molecule has 0 aliphatic rings. The molecular formula is C12H19. The molecule has 0 heterocycles. The predicted molar refractivity (Wildman–Crippen MR) is 55.9 cm³/mol. The van der Waals surface area contributed by atoms with Crippen molar-refractivity contribution in [1.29, 1.82) is 0 Å². The normalized spacial score (nSPS) is 12.5. The van der Waals surface area contributed by atoms with Crippen molar-refractivity contribution in [2.75, 3.05) is 0 Å². The van der Waals surface area contributed by atoms with Crippen LogP contribution in [0.1, 0.15) is 39.5 Å². The van der Waals surface area contributed by atoms with Crippen LogP contribution >= 0.6 is 0 Å². The Labute approximate surface area is 76.7 Å². The average molecular weight is 163 g/mol. The van der Waals surface area contributed by atoms with Gasteiger partial charge in [0.15, 0.2) is 0 Å². The Morgan fingerprint density at radius 3 is 2.58 bits per heavy atom. The van der Waals surface area contributed by atoms with Crippen molar-refractivity contribution in [1.82, 2.24) is 0 Å². The molecule has 0 aromatic carbocycles. The Hall–Kier alpha value is -0.780. The van der Waals surface area contributed by atoms with E-state index < -0.39 is 0 Å². The smallest absolute Gasteiger partial charge is 0.0348 e. The first-order valence-electron chi connectivity index (χ1n) is 4.74. The van der Waals surface area contributed by atoms with Crippen molar-refractivity contribution in [2.24, 2.45) is 0 Å². The molecule has 0 bridgehead atoms. The van der Waals surface area contributed by atoms with Gasteiger partial charge in [0.05, 0.1) is 0 Å². The minimum atomic E-state index is 1.21. The van der Waals surface area contributed by atoms with Gasteiger partial charge in [0, 0.05) is 0 Å². The molecule has 0 spiro atoms. The highest BCUT2D eigenvalue weighted by atomic mass is 13.9. The van der Waals surface area contributed by atoms with Crippen LogP contribution in [-0.2, 0) is 0 Å². The van der Waals surface area contributed by atoms with E-state index in [1.54, 1.807) is 0 Å². The average Bonchev–Trinajstić information content (AvgIpc) is 2.10. The topological polar surface area (TPSA) is 0 Å². The van der Waals surface area contributed by atoms with Crippen LogP contribution in [0.4, 0.5) is 0 Å². The second-order valence-corrected chi connectivity index (χ2v) is 2.76. The van der Waals surface area contributed by atoms with E-state index >= 15 is 0 Å². The van der Waals surface area contributed by atoms with Gasteiger partial charge in [-0.25, -0.2) is 0 Å². The van der Waals surface area contributed by atoms with Gasteiger partial charge in [-0.3, -0.25) is 0 Å². The van der Waals surface area contributed by atoms with Crippen molar-refractivity contribution in [2.45, 2.75) is 39.5 Å². The van der Waals surface area contributed by atoms with E-state index in [9.17, 15) is 0 Å². The van der Waals surface area contributed by atoms with Crippen LogP contribution in [-0.4, -0.2) is 0 Å². The zero-order valence-electron chi connectivity index (χ0n) is 8.22. The molecular weight excluding hydrogens is 144 g/mol. The molecule has 0 heteroatoms. The van der Waals surface area contributed by atoms with E-state index in [-0.39, 0.29) is 0 Å². The fourth-order valence-electron chi connectivity index (χ4n) is 0.903. The summed E-state index contributed by atoms with van der Waals surface area (Å²) in [4.78, 5) is 0. The Kier molecular flexibility index (Phi) is 9.56. The first kappa shape index (κ1) is 11.2. The van der Waals surface area contributed by atoms with Crippen LogP contribution in [0.15, 0.2) is 30.4 Å². The van der Waals surface area contributed by atoms with Crippen molar-refractivity contribution in [3.8, 4) is 0 Å². The maximum atomic E-state index is 2.93. The molecule has 0 aromatic rings. The summed E-state index contributed by atoms with van der Waals surface area (Å²) in [6, 6.07) is 0. The lowest BCUT2D eigenvalue weighted by atomic mass is 10.2. The standard InChI is InChI=1S/C12H19/c1-3-5-7-9-11-12-10-8-6-4-2/h6,8,10-12H,3,5,7,9H2,1-2H3/b6-4?,10-8+,12-11+. The third-order valence-corrected chi connectivity index (χ3v) is 1.60. The number of hydrogen-bond donors (Lipinski definition) is 0. The van der Waals surface area contributed by atoms with Crippen molar-refractivity contribution < 1.29 is 0 Å². The summed E-state index contributed by atoms with van der Waals surface area (Å²) in [5.74, 6) is 0. The second-order valence-electron chi connectivity index (χ2n) is 2.76. The minimum absolute atomic E-state index is 1.21. The molecule has 0 saturated carbocycles. The lowest BCUT2D eigenvalue weighted by Gasteiger charge is -1.89. The Bertz CT molecular complexity index is 149. The molecule has 1 radical (unpaired) electrons. The van der Waals surface area contributed by atoms with Crippen LogP contribution < -0.4 is 0 Å². The summed E-state index contributed by atoms with van der Waals surface area (Å²) in [6.45, 7) is 4.13. The van der Waals surface area contributed by atoms with Crippen LogP contribution in [0.5, 0.6) is 0 Å². The van der Waals surface area contributed by atoms with Gasteiger partial charge in [0.25, 0.3) is 0 Å². The summed E-state index contributed by atoms with van der Waals surface area (Å²) in [5, 5.41) is 0. The van der Waals surface area contributed by atoms with Gasteiger partial charge >= 0.3 is 0 Å². The first-order chi connectivity index (χ1) is 5.91. The van der Waals surface area contributed by atoms with Gasteiger partial charge in [-0.2, -0.15) is 0 Å². The monoisotopic (exact) mass is 163 g/mol. The first-order valence-corrected chi connectivity index (χ1v) is 4.74. The van der Waals surface area contributed by atoms with Crippen LogP contribution in [0.25, 0.3) is 0 Å². The van der Waals surface area contributed by atoms with Crippen LogP contribution in [0.3, 0.4) is 0 Å². The van der Waals surface area contributed by atoms with Crippen molar-refractivity contribution in [3.63, 3.8) is 0 Å². The van der Waals surface area contributed by atoms with Gasteiger partial charge in [0.2, 0.25) is 0 Å². The van der Waals surface area contributed by atoms with Crippen LogP contribution in [0, 0.1) is 6.08 Å². The highest BCUT2D eigenvalue weighted by molar-refractivity contribution is 5.08. The van der Waals surface area contributed by atoms with E-state index in [0.717, 1.165) is 0 Å². The molecule has 0 amide bonds. The fraction of sp³-hybridized carbons (Fsp3) is 0.500. The Morgan fingerprint density at radius 1 is 1.08 bits per heavy atom. The molecule has 12 heavy (non-hydrogen) atoms. The molecule has 67 valence electrons. The molecule has 0 aromatic heterocycles. The molecule has 0 rings (SSSR count). The summed E-state index contributed by atoms with van der Waals surface area (Å²) in [6.07, 6.45) is 18.4. The van der Waals surface area contributed by atoms with Gasteiger partial charge in [-0.1, -0.05) is 50.1 Å². The van der Waals surface area contributed by atoms with Crippen LogP contribution in [0.2, 0.25) is 0 Å². The molecule has 0 aliphatic heterocycles. The number of rotatable bonds is 6. The molecule has 0 atom stereocenters. The van der Waals surface area contributed by atoms with Gasteiger partial charge < -0.3 is 0 Å². The second kappa shape index (κ2) is 10.2. The molecule has 0 nitrogen and oxygen atoms in total. The van der Waals surface area contributed by atoms with Gasteiger partial charge in [0.1, 0.15) is 0 Å². The van der Waals surface area contributed by atoms with E-state index in [4.69, 9.17) is 0 Å². The minimum Gasteiger partial charge on any atom is -0.0845 e. The van der Waals surface area contributed by atoms with E-state index in [1.807, 2.05) is 25.2 Å². The Balaban J connectivity index is 3.24. The highest BCUT2D eigenvalue weighted by Crippen LogP contribution is 1.99. The SMILES string of the molecule is C\[C]=C/C=C/C=C/CCCCC. The highest BCUT2D eigenvalue weighted by Gasteiger charge is 1.79. The molecule has 0 N–H and O–H groups in total. The van der Waals surface area contributed by atoms with Crippen molar-refractivity contribution >= 4 is 0 Å². The van der Waals surface area contributed by atoms with Gasteiger partial charge in [-0.15, -0.1) is 0 Å². The number of allylic oxidation sites excluding steroid dienone is 6. The Morgan fingerprint density at radius 2 is 1.92 bits per heavy atom. The lowest BCUT2D eigenvalue weighted by molar-refractivity contribution is 0.729. The molecule has 0 saturated heterocycles. The molecule has 0 aliphatic carbocycles. The summed E-state index contributed by atoms with van der Waals surface area (Å²) in [7, 11) is 0. The third kappa shape index (κ3) is 9.22. The summed E-state index contributed by atoms with van der Waals surface area (Å²) >= 11 is 0.